The van der Waals surface area contributed by atoms with Gasteiger partial charge < -0.3 is 4.74 Å². The van der Waals surface area contributed by atoms with Gasteiger partial charge in [-0.2, -0.15) is 12.8 Å². The van der Waals surface area contributed by atoms with Gasteiger partial charge >= 0.3 is 0 Å². The maximum Gasteiger partial charge on any atom is 0.281 e. The van der Waals surface area contributed by atoms with Crippen LogP contribution < -0.4 is 9.46 Å². The van der Waals surface area contributed by atoms with Crippen LogP contribution in [0.15, 0.2) is 41.4 Å². The topological polar surface area (TPSA) is 85.4 Å². The largest absolute Gasteiger partial charge is 0.477 e. The van der Waals surface area contributed by atoms with Crippen molar-refractivity contribution in [3.63, 3.8) is 0 Å². The third-order valence-electron chi connectivity index (χ3n) is 6.80. The summed E-state index contributed by atoms with van der Waals surface area (Å²) in [4.78, 5) is 16.2. The molecular weight excluding hydrogens is 443 g/mol. The molecule has 0 radical (unpaired) electrons. The van der Waals surface area contributed by atoms with Crippen molar-refractivity contribution in [2.45, 2.75) is 61.5 Å². The Hall–Kier alpha value is -2.19. The molecule has 3 fully saturated rings. The first-order chi connectivity index (χ1) is 14.7. The molecular formula is C22H22ClFN2O4S. The molecule has 5 rings (SSSR count). The molecule has 0 unspecified atom stereocenters. The Bertz CT molecular complexity index is 1150. The van der Waals surface area contributed by atoms with Crippen LogP contribution in [-0.2, 0) is 14.8 Å². The molecule has 0 saturated heterocycles. The van der Waals surface area contributed by atoms with E-state index in [1.54, 1.807) is 6.07 Å². The zero-order valence-corrected chi connectivity index (χ0v) is 18.3. The Morgan fingerprint density at radius 1 is 1.16 bits per heavy atom. The van der Waals surface area contributed by atoms with Crippen molar-refractivity contribution in [3.05, 3.63) is 52.9 Å². The predicted molar refractivity (Wildman–Crippen MR) is 112 cm³/mol. The average molecular weight is 465 g/mol. The summed E-state index contributed by atoms with van der Waals surface area (Å²) in [7, 11) is -4.31. The van der Waals surface area contributed by atoms with Crippen LogP contribution in [0, 0.1) is 11.4 Å². The van der Waals surface area contributed by atoms with E-state index >= 15 is 0 Å². The van der Waals surface area contributed by atoms with Crippen LogP contribution in [0.4, 0.5) is 4.39 Å². The molecule has 0 aliphatic heterocycles. The second kappa shape index (κ2) is 7.17. The van der Waals surface area contributed by atoms with E-state index in [2.05, 4.69) is 4.98 Å². The minimum Gasteiger partial charge on any atom is -0.477 e. The molecule has 164 valence electrons. The number of carbonyl (C=O) groups excluding carboxylic acids is 1. The zero-order valence-electron chi connectivity index (χ0n) is 16.7. The van der Waals surface area contributed by atoms with E-state index in [1.807, 2.05) is 16.9 Å². The van der Waals surface area contributed by atoms with E-state index in [1.165, 1.54) is 25.3 Å². The molecule has 6 nitrogen and oxygen atoms in total. The Morgan fingerprint density at radius 2 is 1.90 bits per heavy atom. The Morgan fingerprint density at radius 3 is 2.52 bits per heavy atom. The maximum absolute atomic E-state index is 13.3. The molecule has 1 amide bonds. The van der Waals surface area contributed by atoms with Crippen LogP contribution in [0.3, 0.4) is 0 Å². The molecule has 1 aromatic heterocycles. The van der Waals surface area contributed by atoms with Crippen LogP contribution >= 0.6 is 11.6 Å². The van der Waals surface area contributed by atoms with Crippen LogP contribution in [-0.4, -0.2) is 24.9 Å². The monoisotopic (exact) mass is 464 g/mol. The van der Waals surface area contributed by atoms with Gasteiger partial charge in [0.25, 0.3) is 15.9 Å². The van der Waals surface area contributed by atoms with Gasteiger partial charge in [-0.3, -0.25) is 4.79 Å². The first kappa shape index (κ1) is 20.7. The van der Waals surface area contributed by atoms with Crippen LogP contribution in [0.25, 0.3) is 0 Å². The van der Waals surface area contributed by atoms with Gasteiger partial charge in [0.2, 0.25) is 5.95 Å². The van der Waals surface area contributed by atoms with Gasteiger partial charge in [-0.15, -0.1) is 0 Å². The van der Waals surface area contributed by atoms with Crippen molar-refractivity contribution in [2.75, 3.05) is 0 Å². The number of hydrogen-bond acceptors (Lipinski definition) is 5. The van der Waals surface area contributed by atoms with Crippen molar-refractivity contribution in [1.29, 1.82) is 0 Å². The highest BCUT2D eigenvalue weighted by atomic mass is 35.5. The summed E-state index contributed by atoms with van der Waals surface area (Å²) in [5, 5.41) is -0.0652. The van der Waals surface area contributed by atoms with Gasteiger partial charge in [0, 0.05) is 17.9 Å². The van der Waals surface area contributed by atoms with Crippen LogP contribution in [0.1, 0.15) is 56.4 Å². The van der Waals surface area contributed by atoms with Gasteiger partial charge in [-0.25, -0.2) is 9.71 Å². The van der Waals surface area contributed by atoms with Crippen molar-refractivity contribution in [1.82, 2.24) is 9.71 Å². The summed E-state index contributed by atoms with van der Waals surface area (Å²) in [5.41, 5.74) is 0.204. The molecule has 1 N–H and O–H groups in total. The summed E-state index contributed by atoms with van der Waals surface area (Å²) in [6.45, 7) is 0. The minimum absolute atomic E-state index is 0.353. The van der Waals surface area contributed by atoms with Crippen molar-refractivity contribution in [3.8, 4) is 5.75 Å². The number of benzene rings is 1. The number of pyridine rings is 1. The van der Waals surface area contributed by atoms with Gasteiger partial charge in [0.05, 0.1) is 0 Å². The Balaban J connectivity index is 1.34. The molecule has 31 heavy (non-hydrogen) atoms. The lowest BCUT2D eigenvalue weighted by Crippen LogP contribution is -2.44. The number of aromatic nitrogens is 1. The normalized spacial score (nSPS) is 21.1. The van der Waals surface area contributed by atoms with E-state index in [0.717, 1.165) is 30.5 Å². The first-order valence-corrected chi connectivity index (χ1v) is 12.2. The molecule has 1 spiro atoms. The molecule has 0 bridgehead atoms. The fraction of sp³-hybridized carbons (Fsp3) is 0.455. The Labute approximate surface area is 185 Å². The molecule has 3 aliphatic rings. The summed E-state index contributed by atoms with van der Waals surface area (Å²) in [6, 6.07) is 8.82. The van der Waals surface area contributed by atoms with Gasteiger partial charge in [-0.05, 0) is 66.8 Å². The van der Waals surface area contributed by atoms with Crippen molar-refractivity contribution in [2.24, 2.45) is 5.41 Å². The van der Waals surface area contributed by atoms with Gasteiger partial charge in [-0.1, -0.05) is 30.2 Å². The second-order valence-electron chi connectivity index (χ2n) is 8.97. The smallest absolute Gasteiger partial charge is 0.281 e. The van der Waals surface area contributed by atoms with E-state index < -0.39 is 32.5 Å². The number of rotatable bonds is 6. The first-order valence-electron chi connectivity index (χ1n) is 10.4. The fourth-order valence-corrected chi connectivity index (χ4v) is 5.89. The standard InChI is InChI=1S/C22H22ClFN2O4S/c23-15-5-6-16(14-12-21(13-14)7-2-8-21)17(11-15)30-22(9-10-22)20(27)26-31(28,29)19-4-1-3-18(24)25-19/h1,3-6,11,14H,2,7-10,12-13H2,(H,26,27). The number of halogens is 2. The molecule has 0 atom stereocenters. The van der Waals surface area contributed by atoms with Crippen molar-refractivity contribution >= 4 is 27.5 Å². The SMILES string of the molecule is O=C(NS(=O)(=O)c1cccc(F)n1)C1(Oc2cc(Cl)ccc2C2CC3(CCC3)C2)CC1. The lowest BCUT2D eigenvalue weighted by atomic mass is 9.50. The van der Waals surface area contributed by atoms with E-state index in [-0.39, 0.29) is 0 Å². The van der Waals surface area contributed by atoms with Gasteiger partial charge in [0.1, 0.15) is 5.75 Å². The maximum atomic E-state index is 13.3. The van der Waals surface area contributed by atoms with E-state index in [9.17, 15) is 17.6 Å². The average Bonchev–Trinajstić information content (AvgIpc) is 3.41. The lowest BCUT2D eigenvalue weighted by Gasteiger charge is -2.54. The number of amides is 1. The third-order valence-corrected chi connectivity index (χ3v) is 8.27. The van der Waals surface area contributed by atoms with Crippen molar-refractivity contribution < 1.29 is 22.3 Å². The Kier molecular flexibility index (Phi) is 4.79. The summed E-state index contributed by atoms with van der Waals surface area (Å²) in [6.07, 6.45) is 6.79. The number of ether oxygens (including phenoxy) is 1. The number of nitrogens with zero attached hydrogens (tertiary/aromatic N) is 1. The molecule has 2 aromatic rings. The van der Waals surface area contributed by atoms with Gasteiger partial charge in [0.15, 0.2) is 10.6 Å². The number of nitrogens with one attached hydrogen (secondary N) is 1. The lowest BCUT2D eigenvalue weighted by molar-refractivity contribution is -0.128. The van der Waals surface area contributed by atoms with E-state index in [0.29, 0.717) is 34.9 Å². The number of hydrogen-bond donors (Lipinski definition) is 1. The summed E-state index contributed by atoms with van der Waals surface area (Å²) >= 11 is 6.19. The highest BCUT2D eigenvalue weighted by Gasteiger charge is 2.55. The molecule has 1 aromatic carbocycles. The zero-order chi connectivity index (χ0) is 21.9. The summed E-state index contributed by atoms with van der Waals surface area (Å²) < 4.78 is 46.4. The molecule has 3 saturated carbocycles. The fourth-order valence-electron chi connectivity index (χ4n) is 4.73. The number of carbonyl (C=O) groups is 1. The number of sulfonamides is 1. The van der Waals surface area contributed by atoms with Crippen LogP contribution in [0.2, 0.25) is 5.02 Å². The highest BCUT2D eigenvalue weighted by Crippen LogP contribution is 2.63. The quantitative estimate of drug-likeness (QED) is 0.643. The molecule has 9 heteroatoms. The third kappa shape index (κ3) is 3.80. The van der Waals surface area contributed by atoms with Crippen LogP contribution in [0.5, 0.6) is 5.75 Å². The highest BCUT2D eigenvalue weighted by molar-refractivity contribution is 7.90. The predicted octanol–water partition coefficient (Wildman–Crippen LogP) is 4.34. The summed E-state index contributed by atoms with van der Waals surface area (Å²) in [5.74, 6) is -0.846. The van der Waals surface area contributed by atoms with E-state index in [4.69, 9.17) is 16.3 Å². The minimum atomic E-state index is -4.31. The molecule has 1 heterocycles. The second-order valence-corrected chi connectivity index (χ2v) is 11.0. The molecule has 3 aliphatic carbocycles.